The molecule has 0 aliphatic heterocycles. The van der Waals surface area contributed by atoms with E-state index in [1.54, 1.807) is 11.3 Å². The highest BCUT2D eigenvalue weighted by Crippen LogP contribution is 2.37. The fourth-order valence-electron chi connectivity index (χ4n) is 3.25. The number of amides is 1. The van der Waals surface area contributed by atoms with Crippen LogP contribution in [-0.4, -0.2) is 21.4 Å². The summed E-state index contributed by atoms with van der Waals surface area (Å²) in [4.78, 5) is 14.9. The number of anilines is 1. The van der Waals surface area contributed by atoms with E-state index in [1.807, 2.05) is 38.1 Å². The molecule has 1 aliphatic rings. The third-order valence-corrected chi connectivity index (χ3v) is 7.07. The van der Waals surface area contributed by atoms with Gasteiger partial charge in [0, 0.05) is 10.6 Å². The Kier molecular flexibility index (Phi) is 5.55. The lowest BCUT2D eigenvalue weighted by molar-refractivity contribution is -0.115. The molecule has 2 heterocycles. The first-order valence-corrected chi connectivity index (χ1v) is 11.2. The molecule has 4 rings (SSSR count). The summed E-state index contributed by atoms with van der Waals surface area (Å²) in [6.45, 7) is 6.15. The molecule has 1 aliphatic carbocycles. The van der Waals surface area contributed by atoms with Crippen LogP contribution in [0.3, 0.4) is 0 Å². The van der Waals surface area contributed by atoms with Gasteiger partial charge in [-0.05, 0) is 62.8 Å². The Morgan fingerprint density at radius 1 is 1.32 bits per heavy atom. The van der Waals surface area contributed by atoms with Gasteiger partial charge in [0.2, 0.25) is 5.91 Å². The van der Waals surface area contributed by atoms with Crippen molar-refractivity contribution in [2.45, 2.75) is 50.5 Å². The first-order chi connectivity index (χ1) is 13.5. The Balaban J connectivity index is 1.40. The van der Waals surface area contributed by atoms with Crippen molar-refractivity contribution in [2.75, 3.05) is 5.32 Å². The molecule has 0 saturated carbocycles. The van der Waals surface area contributed by atoms with Crippen LogP contribution in [0.2, 0.25) is 0 Å². The van der Waals surface area contributed by atoms with Crippen molar-refractivity contribution in [3.8, 4) is 10.8 Å². The Bertz CT molecular complexity index is 978. The highest BCUT2D eigenvalue weighted by Gasteiger charge is 2.22. The lowest BCUT2D eigenvalue weighted by atomic mass is 9.90. The van der Waals surface area contributed by atoms with Crippen LogP contribution in [0.25, 0.3) is 10.8 Å². The number of thiophene rings is 1. The minimum absolute atomic E-state index is 0.0887. The second-order valence-corrected chi connectivity index (χ2v) is 9.82. The van der Waals surface area contributed by atoms with Crippen LogP contribution in [-0.2, 0) is 17.6 Å². The van der Waals surface area contributed by atoms with Crippen LogP contribution >= 0.6 is 23.1 Å². The summed E-state index contributed by atoms with van der Waals surface area (Å²) in [5.74, 6) is 1.19. The summed E-state index contributed by atoms with van der Waals surface area (Å²) < 4.78 is 5.83. The van der Waals surface area contributed by atoms with E-state index < -0.39 is 0 Å². The molecule has 3 aromatic rings. The molecule has 5 nitrogen and oxygen atoms in total. The summed E-state index contributed by atoms with van der Waals surface area (Å²) in [5.41, 5.74) is 3.35. The van der Waals surface area contributed by atoms with Crippen molar-refractivity contribution in [3.05, 3.63) is 46.3 Å². The number of hydrogen-bond acceptors (Lipinski definition) is 6. The van der Waals surface area contributed by atoms with Crippen molar-refractivity contribution < 1.29 is 9.21 Å². The molecular formula is C21H23N3O2S2. The van der Waals surface area contributed by atoms with E-state index in [1.165, 1.54) is 28.6 Å². The van der Waals surface area contributed by atoms with Gasteiger partial charge in [-0.15, -0.1) is 21.5 Å². The first-order valence-electron chi connectivity index (χ1n) is 9.47. The van der Waals surface area contributed by atoms with Crippen molar-refractivity contribution >= 4 is 34.7 Å². The van der Waals surface area contributed by atoms with E-state index in [-0.39, 0.29) is 11.2 Å². The van der Waals surface area contributed by atoms with Crippen molar-refractivity contribution in [3.63, 3.8) is 0 Å². The number of nitrogens with one attached hydrogen (secondary N) is 1. The second-order valence-electron chi connectivity index (χ2n) is 7.40. The molecule has 0 saturated heterocycles. The van der Waals surface area contributed by atoms with Crippen molar-refractivity contribution in [1.29, 1.82) is 0 Å². The third-order valence-electron chi connectivity index (χ3n) is 4.91. The van der Waals surface area contributed by atoms with Crippen LogP contribution in [0.4, 0.5) is 5.69 Å². The average Bonchev–Trinajstić information content (AvgIpc) is 3.29. The predicted molar refractivity (Wildman–Crippen MR) is 114 cm³/mol. The Morgan fingerprint density at radius 3 is 2.89 bits per heavy atom. The number of thioether (sulfide) groups is 1. The molecule has 0 bridgehead atoms. The highest BCUT2D eigenvalue weighted by molar-refractivity contribution is 8.00. The van der Waals surface area contributed by atoms with Gasteiger partial charge in [-0.2, -0.15) is 0 Å². The van der Waals surface area contributed by atoms with Crippen LogP contribution in [0.1, 0.15) is 36.3 Å². The van der Waals surface area contributed by atoms with Crippen LogP contribution < -0.4 is 5.32 Å². The van der Waals surface area contributed by atoms with E-state index in [9.17, 15) is 4.79 Å². The molecule has 0 unspecified atom stereocenters. The lowest BCUT2D eigenvalue weighted by Gasteiger charge is -2.16. The van der Waals surface area contributed by atoms with Gasteiger partial charge >= 0.3 is 0 Å². The van der Waals surface area contributed by atoms with Gasteiger partial charge in [-0.3, -0.25) is 4.79 Å². The van der Waals surface area contributed by atoms with Crippen LogP contribution in [0.5, 0.6) is 0 Å². The van der Waals surface area contributed by atoms with E-state index >= 15 is 0 Å². The number of carbonyl (C=O) groups excluding carboxylic acids is 1. The summed E-state index contributed by atoms with van der Waals surface area (Å²) in [7, 11) is 0. The molecule has 1 amide bonds. The maximum absolute atomic E-state index is 12.4. The average molecular weight is 414 g/mol. The molecule has 0 fully saturated rings. The summed E-state index contributed by atoms with van der Waals surface area (Å²) in [6.07, 6.45) is 3.50. The molecule has 0 radical (unpaired) electrons. The van der Waals surface area contributed by atoms with E-state index in [0.29, 0.717) is 11.1 Å². The van der Waals surface area contributed by atoms with Crippen molar-refractivity contribution in [2.24, 2.45) is 5.92 Å². The molecule has 28 heavy (non-hydrogen) atoms. The van der Waals surface area contributed by atoms with Gasteiger partial charge in [0.1, 0.15) is 0 Å². The number of aryl methyl sites for hydroxylation is 2. The topological polar surface area (TPSA) is 68.0 Å². The SMILES string of the molecule is Cc1ccc(NC(=O)[C@H](C)Sc2nnc(-c3cc4c(s3)CC[C@H](C)C4)o2)cc1. The van der Waals surface area contributed by atoms with Gasteiger partial charge in [0.05, 0.1) is 10.1 Å². The molecule has 2 atom stereocenters. The number of aromatic nitrogens is 2. The van der Waals surface area contributed by atoms with E-state index in [4.69, 9.17) is 4.42 Å². The number of fused-ring (bicyclic) bond motifs is 1. The fourth-order valence-corrected chi connectivity index (χ4v) is 5.07. The standard InChI is InChI=1S/C21H23N3O2S2/c1-12-4-7-16(8-5-12)22-19(25)14(3)27-21-24-23-20(26-21)18-11-15-10-13(2)6-9-17(15)28-18/h4-5,7-8,11,13-14H,6,9-10H2,1-3H3,(H,22,25)/t13-,14-/m0/s1. The Hall–Kier alpha value is -2.12. The number of benzene rings is 1. The van der Waals surface area contributed by atoms with Gasteiger partial charge in [0.15, 0.2) is 0 Å². The molecule has 7 heteroatoms. The normalized spacial score (nSPS) is 17.2. The Morgan fingerprint density at radius 2 is 2.11 bits per heavy atom. The maximum Gasteiger partial charge on any atom is 0.277 e. The summed E-state index contributed by atoms with van der Waals surface area (Å²) >= 11 is 3.02. The lowest BCUT2D eigenvalue weighted by Crippen LogP contribution is -2.22. The molecule has 1 aromatic carbocycles. The molecule has 2 aromatic heterocycles. The van der Waals surface area contributed by atoms with Crippen LogP contribution in [0, 0.1) is 12.8 Å². The zero-order chi connectivity index (χ0) is 19.7. The van der Waals surface area contributed by atoms with E-state index in [2.05, 4.69) is 28.5 Å². The first kappa shape index (κ1) is 19.2. The van der Waals surface area contributed by atoms with Crippen molar-refractivity contribution in [1.82, 2.24) is 10.2 Å². The number of rotatable bonds is 5. The molecular weight excluding hydrogens is 390 g/mol. The largest absolute Gasteiger partial charge is 0.410 e. The molecule has 146 valence electrons. The fraction of sp³-hybridized carbons (Fsp3) is 0.381. The zero-order valence-corrected chi connectivity index (χ0v) is 17.8. The van der Waals surface area contributed by atoms with Gasteiger partial charge < -0.3 is 9.73 Å². The summed E-state index contributed by atoms with van der Waals surface area (Å²) in [5, 5.41) is 11.3. The van der Waals surface area contributed by atoms with Gasteiger partial charge in [-0.1, -0.05) is 36.4 Å². The quantitative estimate of drug-likeness (QED) is 0.571. The maximum atomic E-state index is 12.4. The Labute approximate surface area is 173 Å². The minimum atomic E-state index is -0.341. The van der Waals surface area contributed by atoms with Crippen LogP contribution in [0.15, 0.2) is 40.0 Å². The molecule has 0 spiro atoms. The van der Waals surface area contributed by atoms with E-state index in [0.717, 1.165) is 34.9 Å². The molecule has 1 N–H and O–H groups in total. The predicted octanol–water partition coefficient (Wildman–Crippen LogP) is 5.35. The zero-order valence-electron chi connectivity index (χ0n) is 16.2. The number of hydrogen-bond donors (Lipinski definition) is 1. The minimum Gasteiger partial charge on any atom is -0.410 e. The van der Waals surface area contributed by atoms with Gasteiger partial charge in [-0.25, -0.2) is 0 Å². The highest BCUT2D eigenvalue weighted by atomic mass is 32.2. The van der Waals surface area contributed by atoms with Gasteiger partial charge in [0.25, 0.3) is 11.1 Å². The second kappa shape index (κ2) is 8.09. The smallest absolute Gasteiger partial charge is 0.277 e. The summed E-state index contributed by atoms with van der Waals surface area (Å²) in [6, 6.07) is 9.92. The number of carbonyl (C=O) groups is 1. The number of nitrogens with zero attached hydrogens (tertiary/aromatic N) is 2. The third kappa shape index (κ3) is 4.31. The monoisotopic (exact) mass is 413 g/mol.